The highest BCUT2D eigenvalue weighted by atomic mass is 79.9. The standard InChI is InChI=1S/C10H11Br2NO3/c11-5-7-6-15-4-2-13(7)10(14)8-1-3-16-9(8)12/h1,3,7H,2,4-6H2. The number of amides is 1. The number of ether oxygens (including phenoxy) is 1. The summed E-state index contributed by atoms with van der Waals surface area (Å²) < 4.78 is 10.9. The van der Waals surface area contributed by atoms with E-state index in [4.69, 9.17) is 9.15 Å². The van der Waals surface area contributed by atoms with Gasteiger partial charge in [0.15, 0.2) is 4.67 Å². The molecule has 0 bridgehead atoms. The lowest BCUT2D eigenvalue weighted by atomic mass is 10.2. The average Bonchev–Trinajstić information content (AvgIpc) is 2.74. The highest BCUT2D eigenvalue weighted by molar-refractivity contribution is 9.10. The van der Waals surface area contributed by atoms with Crippen molar-refractivity contribution in [1.29, 1.82) is 0 Å². The monoisotopic (exact) mass is 351 g/mol. The maximum Gasteiger partial charge on any atom is 0.258 e. The molecule has 0 aromatic carbocycles. The third-order valence-electron chi connectivity index (χ3n) is 2.51. The molecule has 1 atom stereocenters. The van der Waals surface area contributed by atoms with Crippen molar-refractivity contribution in [3.05, 3.63) is 22.6 Å². The van der Waals surface area contributed by atoms with Crippen LogP contribution in [-0.2, 0) is 4.74 Å². The molecule has 1 amide bonds. The van der Waals surface area contributed by atoms with Gasteiger partial charge in [0, 0.05) is 11.9 Å². The minimum Gasteiger partial charge on any atom is -0.457 e. The minimum atomic E-state index is -0.0200. The third kappa shape index (κ3) is 2.33. The number of hydrogen-bond donors (Lipinski definition) is 0. The quantitative estimate of drug-likeness (QED) is 0.767. The van der Waals surface area contributed by atoms with E-state index in [0.717, 1.165) is 0 Å². The summed E-state index contributed by atoms with van der Waals surface area (Å²) in [6.45, 7) is 1.78. The fraction of sp³-hybridized carbons (Fsp3) is 0.500. The Morgan fingerprint density at radius 2 is 2.44 bits per heavy atom. The van der Waals surface area contributed by atoms with E-state index in [1.54, 1.807) is 6.07 Å². The summed E-state index contributed by atoms with van der Waals surface area (Å²) in [7, 11) is 0. The van der Waals surface area contributed by atoms with Crippen LogP contribution < -0.4 is 0 Å². The summed E-state index contributed by atoms with van der Waals surface area (Å²) in [5.74, 6) is -0.0200. The highest BCUT2D eigenvalue weighted by Gasteiger charge is 2.29. The number of rotatable bonds is 2. The first-order chi connectivity index (χ1) is 7.74. The number of alkyl halides is 1. The molecule has 0 radical (unpaired) electrons. The molecule has 1 aromatic heterocycles. The van der Waals surface area contributed by atoms with Crippen LogP contribution in [0.2, 0.25) is 0 Å². The van der Waals surface area contributed by atoms with Crippen LogP contribution in [0.15, 0.2) is 21.4 Å². The van der Waals surface area contributed by atoms with E-state index in [9.17, 15) is 4.79 Å². The van der Waals surface area contributed by atoms with Gasteiger partial charge in [-0.3, -0.25) is 4.79 Å². The van der Waals surface area contributed by atoms with Crippen LogP contribution in [0, 0.1) is 0 Å². The second-order valence-corrected chi connectivity index (χ2v) is 4.86. The van der Waals surface area contributed by atoms with Crippen LogP contribution in [0.5, 0.6) is 0 Å². The summed E-state index contributed by atoms with van der Waals surface area (Å²) in [6.07, 6.45) is 1.50. The Morgan fingerprint density at radius 3 is 3.06 bits per heavy atom. The van der Waals surface area contributed by atoms with E-state index in [2.05, 4.69) is 31.9 Å². The summed E-state index contributed by atoms with van der Waals surface area (Å²) in [4.78, 5) is 14.0. The van der Waals surface area contributed by atoms with Gasteiger partial charge in [-0.15, -0.1) is 0 Å². The number of morpholine rings is 1. The predicted molar refractivity (Wildman–Crippen MR) is 65.8 cm³/mol. The molecular formula is C10H11Br2NO3. The van der Waals surface area contributed by atoms with Crippen LogP contribution in [0.3, 0.4) is 0 Å². The third-order valence-corrected chi connectivity index (χ3v) is 3.88. The van der Waals surface area contributed by atoms with Crippen molar-refractivity contribution in [1.82, 2.24) is 4.90 Å². The first kappa shape index (κ1) is 12.1. The Bertz CT molecular complexity index is 380. The number of carbonyl (C=O) groups excluding carboxylic acids is 1. The van der Waals surface area contributed by atoms with Gasteiger partial charge in [0.2, 0.25) is 0 Å². The zero-order valence-corrected chi connectivity index (χ0v) is 11.7. The lowest BCUT2D eigenvalue weighted by Gasteiger charge is -2.34. The molecule has 6 heteroatoms. The molecule has 4 nitrogen and oxygen atoms in total. The van der Waals surface area contributed by atoms with E-state index >= 15 is 0 Å². The van der Waals surface area contributed by atoms with Crippen molar-refractivity contribution in [2.24, 2.45) is 0 Å². The van der Waals surface area contributed by atoms with Crippen LogP contribution >= 0.6 is 31.9 Å². The number of halogens is 2. The zero-order valence-electron chi connectivity index (χ0n) is 8.49. The first-order valence-electron chi connectivity index (χ1n) is 4.91. The Balaban J connectivity index is 2.17. The molecule has 2 heterocycles. The van der Waals surface area contributed by atoms with E-state index < -0.39 is 0 Å². The topological polar surface area (TPSA) is 42.7 Å². The summed E-state index contributed by atoms with van der Waals surface area (Å²) in [5.41, 5.74) is 0.563. The molecule has 88 valence electrons. The highest BCUT2D eigenvalue weighted by Crippen LogP contribution is 2.21. The van der Waals surface area contributed by atoms with Crippen molar-refractivity contribution < 1.29 is 13.9 Å². The molecule has 16 heavy (non-hydrogen) atoms. The van der Waals surface area contributed by atoms with Crippen molar-refractivity contribution in [2.45, 2.75) is 6.04 Å². The fourth-order valence-electron chi connectivity index (χ4n) is 1.65. The van der Waals surface area contributed by atoms with Crippen LogP contribution in [0.4, 0.5) is 0 Å². The zero-order chi connectivity index (χ0) is 11.5. The van der Waals surface area contributed by atoms with Gasteiger partial charge in [-0.25, -0.2) is 0 Å². The summed E-state index contributed by atoms with van der Waals surface area (Å²) >= 11 is 6.61. The molecule has 2 rings (SSSR count). The second kappa shape index (κ2) is 5.33. The molecule has 1 saturated heterocycles. The van der Waals surface area contributed by atoms with Crippen LogP contribution in [0.25, 0.3) is 0 Å². The largest absolute Gasteiger partial charge is 0.457 e. The molecule has 1 aliphatic heterocycles. The van der Waals surface area contributed by atoms with Gasteiger partial charge in [-0.2, -0.15) is 0 Å². The predicted octanol–water partition coefficient (Wildman–Crippen LogP) is 2.28. The van der Waals surface area contributed by atoms with E-state index in [0.29, 0.717) is 35.3 Å². The number of hydrogen-bond acceptors (Lipinski definition) is 3. The van der Waals surface area contributed by atoms with Gasteiger partial charge < -0.3 is 14.1 Å². The van der Waals surface area contributed by atoms with Gasteiger partial charge in [-0.1, -0.05) is 15.9 Å². The van der Waals surface area contributed by atoms with E-state index in [-0.39, 0.29) is 11.9 Å². The van der Waals surface area contributed by atoms with Crippen molar-refractivity contribution in [3.63, 3.8) is 0 Å². The van der Waals surface area contributed by atoms with Crippen molar-refractivity contribution in [3.8, 4) is 0 Å². The maximum atomic E-state index is 12.2. The second-order valence-electron chi connectivity index (χ2n) is 3.49. The van der Waals surface area contributed by atoms with Gasteiger partial charge in [0.05, 0.1) is 31.1 Å². The lowest BCUT2D eigenvalue weighted by molar-refractivity contribution is 0.00514. The number of furan rings is 1. The Morgan fingerprint density at radius 1 is 1.62 bits per heavy atom. The maximum absolute atomic E-state index is 12.2. The van der Waals surface area contributed by atoms with Gasteiger partial charge in [0.25, 0.3) is 5.91 Å². The Labute approximate surface area is 110 Å². The van der Waals surface area contributed by atoms with Gasteiger partial charge >= 0.3 is 0 Å². The molecule has 1 fully saturated rings. The van der Waals surface area contributed by atoms with Crippen LogP contribution in [0.1, 0.15) is 10.4 Å². The van der Waals surface area contributed by atoms with E-state index in [1.165, 1.54) is 6.26 Å². The SMILES string of the molecule is O=C(c1ccoc1Br)N1CCOCC1CBr. The Hall–Kier alpha value is -0.330. The summed E-state index contributed by atoms with van der Waals surface area (Å²) in [5, 5.41) is 0.716. The number of carbonyl (C=O) groups is 1. The lowest BCUT2D eigenvalue weighted by Crippen LogP contribution is -2.49. The first-order valence-corrected chi connectivity index (χ1v) is 6.83. The normalized spacial score (nSPS) is 21.1. The average molecular weight is 353 g/mol. The van der Waals surface area contributed by atoms with Gasteiger partial charge in [0.1, 0.15) is 0 Å². The molecule has 1 unspecified atom stereocenters. The van der Waals surface area contributed by atoms with Crippen molar-refractivity contribution >= 4 is 37.8 Å². The van der Waals surface area contributed by atoms with Gasteiger partial charge in [-0.05, 0) is 22.0 Å². The summed E-state index contributed by atoms with van der Waals surface area (Å²) in [6, 6.07) is 1.76. The Kier molecular flexibility index (Phi) is 4.05. The molecule has 0 aliphatic carbocycles. The smallest absolute Gasteiger partial charge is 0.258 e. The molecule has 1 aromatic rings. The fourth-order valence-corrected chi connectivity index (χ4v) is 2.60. The number of nitrogens with zero attached hydrogens (tertiary/aromatic N) is 1. The molecule has 1 aliphatic rings. The molecule has 0 spiro atoms. The minimum absolute atomic E-state index is 0.0200. The van der Waals surface area contributed by atoms with E-state index in [1.807, 2.05) is 4.90 Å². The molecule has 0 saturated carbocycles. The molecular weight excluding hydrogens is 342 g/mol. The van der Waals surface area contributed by atoms with Crippen LogP contribution in [-0.4, -0.2) is 41.9 Å². The molecule has 0 N–H and O–H groups in total. The van der Waals surface area contributed by atoms with Crippen molar-refractivity contribution in [2.75, 3.05) is 25.1 Å².